The van der Waals surface area contributed by atoms with Crippen LogP contribution in [0.25, 0.3) is 11.0 Å². The summed E-state index contributed by atoms with van der Waals surface area (Å²) in [6, 6.07) is 7.81. The fourth-order valence-corrected chi connectivity index (χ4v) is 2.27. The summed E-state index contributed by atoms with van der Waals surface area (Å²) in [5, 5.41) is 11.8. The lowest BCUT2D eigenvalue weighted by Gasteiger charge is -2.26. The van der Waals surface area contributed by atoms with Gasteiger partial charge in [0.1, 0.15) is 5.84 Å². The third-order valence-electron chi connectivity index (χ3n) is 3.52. The molecule has 0 fully saturated rings. The van der Waals surface area contributed by atoms with Gasteiger partial charge < -0.3 is 15.8 Å². The van der Waals surface area contributed by atoms with Crippen LogP contribution in [-0.4, -0.2) is 34.1 Å². The summed E-state index contributed by atoms with van der Waals surface area (Å²) in [6.07, 6.45) is 0. The fourth-order valence-electron chi connectivity index (χ4n) is 2.27. The van der Waals surface area contributed by atoms with E-state index in [0.29, 0.717) is 6.54 Å². The van der Waals surface area contributed by atoms with Crippen LogP contribution in [0.15, 0.2) is 29.4 Å². The molecule has 6 heteroatoms. The van der Waals surface area contributed by atoms with Gasteiger partial charge in [0.2, 0.25) is 0 Å². The van der Waals surface area contributed by atoms with Crippen LogP contribution in [-0.2, 0) is 0 Å². The number of hydrogen-bond acceptors (Lipinski definition) is 5. The van der Waals surface area contributed by atoms with Gasteiger partial charge in [-0.1, -0.05) is 24.2 Å². The molecular formula is C15H21N5O. The van der Waals surface area contributed by atoms with E-state index >= 15 is 0 Å². The predicted molar refractivity (Wildman–Crippen MR) is 84.7 cm³/mol. The van der Waals surface area contributed by atoms with Crippen molar-refractivity contribution >= 4 is 22.7 Å². The molecule has 112 valence electrons. The van der Waals surface area contributed by atoms with E-state index in [1.54, 1.807) is 0 Å². The molecule has 1 heterocycles. The molecule has 0 aliphatic heterocycles. The van der Waals surface area contributed by atoms with E-state index in [-0.39, 0.29) is 11.8 Å². The van der Waals surface area contributed by atoms with Crippen LogP contribution < -0.4 is 10.6 Å². The highest BCUT2D eigenvalue weighted by Gasteiger charge is 2.17. The van der Waals surface area contributed by atoms with Crippen LogP contribution in [0.3, 0.4) is 0 Å². The average molecular weight is 287 g/mol. The molecule has 0 saturated carbocycles. The van der Waals surface area contributed by atoms with E-state index in [1.165, 1.54) is 0 Å². The van der Waals surface area contributed by atoms with Gasteiger partial charge in [0.05, 0.1) is 16.7 Å². The fraction of sp³-hybridized carbons (Fsp3) is 0.400. The lowest BCUT2D eigenvalue weighted by Crippen LogP contribution is -2.36. The van der Waals surface area contributed by atoms with E-state index in [0.717, 1.165) is 29.1 Å². The Hall–Kier alpha value is -2.37. The molecule has 0 bridgehead atoms. The summed E-state index contributed by atoms with van der Waals surface area (Å²) < 4.78 is 0. The molecule has 2 aromatic rings. The van der Waals surface area contributed by atoms with E-state index in [2.05, 4.69) is 22.0 Å². The first kappa shape index (κ1) is 15.0. The van der Waals surface area contributed by atoms with Gasteiger partial charge in [-0.15, -0.1) is 0 Å². The number of benzene rings is 1. The lowest BCUT2D eigenvalue weighted by molar-refractivity contribution is 0.314. The summed E-state index contributed by atoms with van der Waals surface area (Å²) in [7, 11) is 0. The average Bonchev–Trinajstić information content (AvgIpc) is 2.51. The number of hydrogen-bond donors (Lipinski definition) is 2. The molecule has 1 atom stereocenters. The van der Waals surface area contributed by atoms with Gasteiger partial charge >= 0.3 is 0 Å². The van der Waals surface area contributed by atoms with Crippen molar-refractivity contribution in [1.29, 1.82) is 0 Å². The van der Waals surface area contributed by atoms with Gasteiger partial charge in [-0.25, -0.2) is 9.97 Å². The topological polar surface area (TPSA) is 87.6 Å². The molecule has 3 N–H and O–H groups in total. The maximum absolute atomic E-state index is 8.77. The monoisotopic (exact) mass is 287 g/mol. The Morgan fingerprint density at radius 3 is 2.52 bits per heavy atom. The maximum Gasteiger partial charge on any atom is 0.150 e. The molecule has 0 radical (unpaired) electrons. The van der Waals surface area contributed by atoms with Crippen LogP contribution in [0.1, 0.15) is 19.5 Å². The van der Waals surface area contributed by atoms with Crippen molar-refractivity contribution < 1.29 is 5.21 Å². The minimum atomic E-state index is -0.0670. The normalized spacial score (nSPS) is 13.4. The first-order chi connectivity index (χ1) is 10.1. The number of anilines is 1. The van der Waals surface area contributed by atoms with Gasteiger partial charge in [-0.05, 0) is 26.0 Å². The summed E-state index contributed by atoms with van der Waals surface area (Å²) in [4.78, 5) is 11.4. The van der Waals surface area contributed by atoms with Crippen LogP contribution in [0.4, 0.5) is 5.82 Å². The van der Waals surface area contributed by atoms with Gasteiger partial charge in [0.25, 0.3) is 0 Å². The van der Waals surface area contributed by atoms with E-state index < -0.39 is 0 Å². The summed E-state index contributed by atoms with van der Waals surface area (Å²) in [6.45, 7) is 7.32. The van der Waals surface area contributed by atoms with Crippen molar-refractivity contribution in [2.24, 2.45) is 16.8 Å². The largest absolute Gasteiger partial charge is 0.409 e. The molecule has 1 unspecified atom stereocenters. The molecule has 0 saturated heterocycles. The zero-order chi connectivity index (χ0) is 15.4. The Balaban J connectivity index is 2.35. The first-order valence-electron chi connectivity index (χ1n) is 7.02. The van der Waals surface area contributed by atoms with Gasteiger partial charge in [0.15, 0.2) is 5.82 Å². The molecular weight excluding hydrogens is 266 g/mol. The van der Waals surface area contributed by atoms with E-state index in [1.807, 2.05) is 38.1 Å². The Labute approximate surface area is 124 Å². The minimum absolute atomic E-state index is 0.0670. The molecule has 2 rings (SSSR count). The van der Waals surface area contributed by atoms with Gasteiger partial charge in [0, 0.05) is 19.0 Å². The van der Waals surface area contributed by atoms with Crippen LogP contribution in [0, 0.1) is 12.8 Å². The molecule has 1 aromatic carbocycles. The second-order valence-corrected chi connectivity index (χ2v) is 5.09. The second-order valence-electron chi connectivity index (χ2n) is 5.09. The molecule has 0 amide bonds. The van der Waals surface area contributed by atoms with Crippen molar-refractivity contribution in [2.75, 3.05) is 18.0 Å². The first-order valence-corrected chi connectivity index (χ1v) is 7.02. The van der Waals surface area contributed by atoms with Gasteiger partial charge in [-0.3, -0.25) is 0 Å². The van der Waals surface area contributed by atoms with Crippen LogP contribution >= 0.6 is 0 Å². The van der Waals surface area contributed by atoms with E-state index in [4.69, 9.17) is 15.9 Å². The Morgan fingerprint density at radius 1 is 1.33 bits per heavy atom. The maximum atomic E-state index is 8.77. The molecule has 0 aliphatic rings. The zero-order valence-corrected chi connectivity index (χ0v) is 12.6. The van der Waals surface area contributed by atoms with Crippen molar-refractivity contribution in [1.82, 2.24) is 9.97 Å². The number of aromatic nitrogens is 2. The summed E-state index contributed by atoms with van der Waals surface area (Å²) in [5.74, 6) is 0.997. The number of para-hydroxylation sites is 2. The van der Waals surface area contributed by atoms with Crippen LogP contribution in [0.5, 0.6) is 0 Å². The van der Waals surface area contributed by atoms with Crippen LogP contribution in [0.2, 0.25) is 0 Å². The van der Waals surface area contributed by atoms with Gasteiger partial charge in [-0.2, -0.15) is 0 Å². The van der Waals surface area contributed by atoms with Crippen molar-refractivity contribution in [3.05, 3.63) is 30.0 Å². The Bertz CT molecular complexity index is 656. The number of aryl methyl sites for hydroxylation is 1. The third kappa shape index (κ3) is 3.21. The highest BCUT2D eigenvalue weighted by molar-refractivity contribution is 5.82. The number of amidine groups is 1. The second kappa shape index (κ2) is 6.39. The van der Waals surface area contributed by atoms with Crippen molar-refractivity contribution in [3.63, 3.8) is 0 Å². The number of nitrogens with two attached hydrogens (primary N) is 1. The quantitative estimate of drug-likeness (QED) is 0.381. The number of oxime groups is 1. The van der Waals surface area contributed by atoms with Crippen molar-refractivity contribution in [3.8, 4) is 0 Å². The van der Waals surface area contributed by atoms with E-state index in [9.17, 15) is 0 Å². The number of nitrogens with zero attached hydrogens (tertiary/aromatic N) is 4. The summed E-state index contributed by atoms with van der Waals surface area (Å²) in [5.41, 5.74) is 8.30. The third-order valence-corrected chi connectivity index (χ3v) is 3.52. The predicted octanol–water partition coefficient (Wildman–Crippen LogP) is 2.15. The summed E-state index contributed by atoms with van der Waals surface area (Å²) >= 11 is 0. The lowest BCUT2D eigenvalue weighted by atomic mass is 10.1. The molecule has 0 aliphatic carbocycles. The number of fused-ring (bicyclic) bond motifs is 1. The molecule has 0 spiro atoms. The smallest absolute Gasteiger partial charge is 0.150 e. The Kier molecular flexibility index (Phi) is 4.57. The number of rotatable bonds is 5. The minimum Gasteiger partial charge on any atom is -0.409 e. The zero-order valence-electron chi connectivity index (χ0n) is 12.6. The highest BCUT2D eigenvalue weighted by atomic mass is 16.4. The highest BCUT2D eigenvalue weighted by Crippen LogP contribution is 2.20. The molecule has 1 aromatic heterocycles. The Morgan fingerprint density at radius 2 is 1.95 bits per heavy atom. The SMILES string of the molecule is CCN(CC(C)C(N)=NO)c1nc2ccccc2nc1C. The van der Waals surface area contributed by atoms with Crippen molar-refractivity contribution in [2.45, 2.75) is 20.8 Å². The standard InChI is InChI=1S/C15H21N5O/c1-4-20(9-10(2)14(16)19-21)15-11(3)17-12-7-5-6-8-13(12)18-15/h5-8,10,21H,4,9H2,1-3H3,(H2,16,19). The molecule has 21 heavy (non-hydrogen) atoms. The molecule has 6 nitrogen and oxygen atoms in total.